The Morgan fingerprint density at radius 1 is 1.28 bits per heavy atom. The smallest absolute Gasteiger partial charge is 0.289 e. The second-order valence-electron chi connectivity index (χ2n) is 6.86. The van der Waals surface area contributed by atoms with Crippen LogP contribution in [0.3, 0.4) is 0 Å². The molecule has 1 saturated carbocycles. The average Bonchev–Trinajstić information content (AvgIpc) is 3.26. The minimum Gasteiger partial charge on any atom is -0.453 e. The van der Waals surface area contributed by atoms with E-state index in [-0.39, 0.29) is 24.3 Å². The number of hydrogen-bond donors (Lipinski definition) is 1. The highest BCUT2D eigenvalue weighted by atomic mass is 32.2. The van der Waals surface area contributed by atoms with Crippen molar-refractivity contribution in [1.29, 1.82) is 0 Å². The van der Waals surface area contributed by atoms with Crippen LogP contribution >= 0.6 is 0 Å². The summed E-state index contributed by atoms with van der Waals surface area (Å²) in [5.74, 6) is 0.548. The normalized spacial score (nSPS) is 22.4. The number of nitrogens with one attached hydrogen (secondary N) is 1. The summed E-state index contributed by atoms with van der Waals surface area (Å²) in [4.78, 5) is 14.2. The van der Waals surface area contributed by atoms with Crippen molar-refractivity contribution in [3.8, 4) is 0 Å². The molecular formula is C17H26N2O5S. The standard InChI is InChI=1S/C17H26N2O5S/c1-23-12-14-8-9-16(24-14)17(20)19-10-4-7-15(11-19)25(21,22)18-13-5-2-3-6-13/h8-9,13,15,18H,2-7,10-12H2,1H3/t15-/m0/s1. The van der Waals surface area contributed by atoms with Gasteiger partial charge in [0.25, 0.3) is 5.91 Å². The van der Waals surface area contributed by atoms with E-state index in [0.29, 0.717) is 31.8 Å². The van der Waals surface area contributed by atoms with E-state index >= 15 is 0 Å². The molecule has 140 valence electrons. The van der Waals surface area contributed by atoms with Gasteiger partial charge in [-0.05, 0) is 37.8 Å². The highest BCUT2D eigenvalue weighted by molar-refractivity contribution is 7.90. The fraction of sp³-hybridized carbons (Fsp3) is 0.706. The number of sulfonamides is 1. The summed E-state index contributed by atoms with van der Waals surface area (Å²) in [5, 5.41) is -0.556. The molecule has 0 spiro atoms. The first-order chi connectivity index (χ1) is 12.0. The summed E-state index contributed by atoms with van der Waals surface area (Å²) >= 11 is 0. The number of methoxy groups -OCH3 is 1. The predicted octanol–water partition coefficient (Wildman–Crippen LogP) is 1.89. The lowest BCUT2D eigenvalue weighted by molar-refractivity contribution is 0.0687. The Labute approximate surface area is 148 Å². The third-order valence-corrected chi connectivity index (χ3v) is 6.87. The maximum absolute atomic E-state index is 12.6. The van der Waals surface area contributed by atoms with Crippen molar-refractivity contribution in [1.82, 2.24) is 9.62 Å². The van der Waals surface area contributed by atoms with Crippen LogP contribution in [-0.4, -0.2) is 50.7 Å². The number of piperidine rings is 1. The summed E-state index contributed by atoms with van der Waals surface area (Å²) in [6.07, 6.45) is 5.22. The lowest BCUT2D eigenvalue weighted by Crippen LogP contribution is -2.49. The SMILES string of the molecule is COCc1ccc(C(=O)N2CCC[C@H](S(=O)(=O)NC3CCCC3)C2)o1. The Balaban J connectivity index is 1.64. The zero-order chi connectivity index (χ0) is 17.9. The number of likely N-dealkylation sites (tertiary alicyclic amines) is 1. The van der Waals surface area contributed by atoms with Gasteiger partial charge in [0.05, 0.1) is 5.25 Å². The first-order valence-corrected chi connectivity index (χ1v) is 10.4. The van der Waals surface area contributed by atoms with E-state index in [4.69, 9.17) is 9.15 Å². The van der Waals surface area contributed by atoms with Gasteiger partial charge in [-0.15, -0.1) is 0 Å². The molecule has 2 heterocycles. The first-order valence-electron chi connectivity index (χ1n) is 8.87. The molecule has 7 nitrogen and oxygen atoms in total. The Hall–Kier alpha value is -1.38. The molecule has 2 fully saturated rings. The van der Waals surface area contributed by atoms with E-state index in [9.17, 15) is 13.2 Å². The van der Waals surface area contributed by atoms with Crippen molar-refractivity contribution in [2.24, 2.45) is 0 Å². The van der Waals surface area contributed by atoms with Crippen LogP contribution < -0.4 is 4.72 Å². The molecule has 1 aliphatic carbocycles. The molecule has 1 saturated heterocycles. The van der Waals surface area contributed by atoms with Crippen molar-refractivity contribution in [2.45, 2.75) is 56.4 Å². The number of furan rings is 1. The fourth-order valence-electron chi connectivity index (χ4n) is 3.62. The second-order valence-corrected chi connectivity index (χ2v) is 8.85. The number of nitrogens with zero attached hydrogens (tertiary/aromatic N) is 1. The molecule has 1 amide bonds. The molecule has 1 atom stereocenters. The number of amides is 1. The maximum Gasteiger partial charge on any atom is 0.289 e. The van der Waals surface area contributed by atoms with Crippen molar-refractivity contribution < 1.29 is 22.4 Å². The summed E-state index contributed by atoms with van der Waals surface area (Å²) in [6.45, 7) is 1.06. The van der Waals surface area contributed by atoms with Gasteiger partial charge < -0.3 is 14.1 Å². The second kappa shape index (κ2) is 7.88. The van der Waals surface area contributed by atoms with Gasteiger partial charge in [-0.25, -0.2) is 13.1 Å². The molecule has 0 radical (unpaired) electrons. The highest BCUT2D eigenvalue weighted by Crippen LogP contribution is 2.23. The van der Waals surface area contributed by atoms with Gasteiger partial charge in [-0.2, -0.15) is 0 Å². The molecule has 3 rings (SSSR count). The predicted molar refractivity (Wildman–Crippen MR) is 92.7 cm³/mol. The van der Waals surface area contributed by atoms with Gasteiger partial charge in [0.2, 0.25) is 10.0 Å². The monoisotopic (exact) mass is 370 g/mol. The quantitative estimate of drug-likeness (QED) is 0.826. The Bertz CT molecular complexity index is 694. The first kappa shape index (κ1) is 18.4. The third-order valence-electron chi connectivity index (χ3n) is 4.95. The third kappa shape index (κ3) is 4.43. The van der Waals surface area contributed by atoms with E-state index in [1.807, 2.05) is 0 Å². The summed E-state index contributed by atoms with van der Waals surface area (Å²) in [7, 11) is -1.86. The largest absolute Gasteiger partial charge is 0.453 e. The van der Waals surface area contributed by atoms with E-state index in [2.05, 4.69) is 4.72 Å². The van der Waals surface area contributed by atoms with Crippen LogP contribution in [-0.2, 0) is 21.4 Å². The Kier molecular flexibility index (Phi) is 5.81. The van der Waals surface area contributed by atoms with Crippen LogP contribution in [0.25, 0.3) is 0 Å². The van der Waals surface area contributed by atoms with Crippen molar-refractivity contribution in [3.05, 3.63) is 23.7 Å². The zero-order valence-corrected chi connectivity index (χ0v) is 15.4. The number of carbonyl (C=O) groups excluding carboxylic acids is 1. The summed E-state index contributed by atoms with van der Waals surface area (Å²) < 4.78 is 38.6. The van der Waals surface area contributed by atoms with Gasteiger partial charge in [0, 0.05) is 26.2 Å². The van der Waals surface area contributed by atoms with Crippen LogP contribution in [0.1, 0.15) is 54.8 Å². The molecule has 1 aromatic rings. The van der Waals surface area contributed by atoms with Gasteiger partial charge in [-0.3, -0.25) is 4.79 Å². The summed E-state index contributed by atoms with van der Waals surface area (Å²) in [6, 6.07) is 3.38. The van der Waals surface area contributed by atoms with Crippen LogP contribution in [0, 0.1) is 0 Å². The highest BCUT2D eigenvalue weighted by Gasteiger charge is 2.35. The molecule has 1 aromatic heterocycles. The van der Waals surface area contributed by atoms with E-state index in [0.717, 1.165) is 25.7 Å². The molecule has 25 heavy (non-hydrogen) atoms. The number of rotatable bonds is 6. The number of hydrogen-bond acceptors (Lipinski definition) is 5. The minimum absolute atomic E-state index is 0.0535. The van der Waals surface area contributed by atoms with E-state index in [1.54, 1.807) is 24.1 Å². The van der Waals surface area contributed by atoms with Gasteiger partial charge >= 0.3 is 0 Å². The zero-order valence-electron chi connectivity index (χ0n) is 14.6. The maximum atomic E-state index is 12.6. The van der Waals surface area contributed by atoms with Crippen molar-refractivity contribution in [3.63, 3.8) is 0 Å². The molecular weight excluding hydrogens is 344 g/mol. The van der Waals surface area contributed by atoms with Gasteiger partial charge in [0.1, 0.15) is 12.4 Å². The molecule has 2 aliphatic rings. The van der Waals surface area contributed by atoms with Gasteiger partial charge in [-0.1, -0.05) is 12.8 Å². The van der Waals surface area contributed by atoms with Crippen molar-refractivity contribution >= 4 is 15.9 Å². The Morgan fingerprint density at radius 2 is 2.04 bits per heavy atom. The average molecular weight is 370 g/mol. The molecule has 8 heteroatoms. The number of carbonyl (C=O) groups is 1. The minimum atomic E-state index is -3.41. The lowest BCUT2D eigenvalue weighted by Gasteiger charge is -2.32. The van der Waals surface area contributed by atoms with Crippen molar-refractivity contribution in [2.75, 3.05) is 20.2 Å². The van der Waals surface area contributed by atoms with Crippen LogP contribution in [0.15, 0.2) is 16.5 Å². The number of ether oxygens (including phenoxy) is 1. The topological polar surface area (TPSA) is 88.8 Å². The molecule has 1 aliphatic heterocycles. The molecule has 0 unspecified atom stereocenters. The molecule has 1 N–H and O–H groups in total. The fourth-order valence-corrected chi connectivity index (χ4v) is 5.36. The van der Waals surface area contributed by atoms with Crippen LogP contribution in [0.2, 0.25) is 0 Å². The molecule has 0 bridgehead atoms. The van der Waals surface area contributed by atoms with E-state index < -0.39 is 15.3 Å². The van der Waals surface area contributed by atoms with E-state index in [1.165, 1.54) is 0 Å². The summed E-state index contributed by atoms with van der Waals surface area (Å²) in [5.41, 5.74) is 0. The van der Waals surface area contributed by atoms with Gasteiger partial charge in [0.15, 0.2) is 5.76 Å². The molecule has 0 aromatic carbocycles. The lowest BCUT2D eigenvalue weighted by atomic mass is 10.1. The Morgan fingerprint density at radius 3 is 2.76 bits per heavy atom. The van der Waals surface area contributed by atoms with Crippen LogP contribution in [0.5, 0.6) is 0 Å². The van der Waals surface area contributed by atoms with Crippen LogP contribution in [0.4, 0.5) is 0 Å².